The fourth-order valence-electron chi connectivity index (χ4n) is 1.41. The van der Waals surface area contributed by atoms with Crippen molar-refractivity contribution < 1.29 is 14.3 Å². The van der Waals surface area contributed by atoms with Crippen LogP contribution in [-0.4, -0.2) is 18.9 Å². The van der Waals surface area contributed by atoms with Crippen LogP contribution in [0.15, 0.2) is 30.4 Å². The van der Waals surface area contributed by atoms with Crippen molar-refractivity contribution >= 4 is 23.2 Å². The summed E-state index contributed by atoms with van der Waals surface area (Å²) in [5.74, 6) is 0.107. The van der Waals surface area contributed by atoms with Crippen molar-refractivity contribution in [1.29, 1.82) is 0 Å². The number of carbonyl (C=O) groups is 2. The average molecular weight is 248 g/mol. The molecule has 0 unspecified atom stereocenters. The van der Waals surface area contributed by atoms with Gasteiger partial charge in [-0.15, -0.1) is 0 Å². The van der Waals surface area contributed by atoms with Crippen LogP contribution in [0.4, 0.5) is 11.4 Å². The Hall–Kier alpha value is -2.30. The minimum atomic E-state index is -0.226. The first-order valence-electron chi connectivity index (χ1n) is 5.46. The Labute approximate surface area is 106 Å². The molecule has 0 radical (unpaired) electrons. The molecule has 0 spiro atoms. The number of rotatable bonds is 4. The minimum Gasteiger partial charge on any atom is -0.495 e. The topological polar surface area (TPSA) is 67.4 Å². The van der Waals surface area contributed by atoms with Crippen LogP contribution >= 0.6 is 0 Å². The van der Waals surface area contributed by atoms with Crippen LogP contribution in [0, 0.1) is 0 Å². The highest BCUT2D eigenvalue weighted by Crippen LogP contribution is 2.27. The summed E-state index contributed by atoms with van der Waals surface area (Å²) in [5.41, 5.74) is 1.10. The highest BCUT2D eigenvalue weighted by Gasteiger charge is 2.06. The van der Waals surface area contributed by atoms with Crippen molar-refractivity contribution in [1.82, 2.24) is 0 Å². The van der Waals surface area contributed by atoms with E-state index < -0.39 is 0 Å². The lowest BCUT2D eigenvalue weighted by atomic mass is 10.2. The molecule has 0 aliphatic carbocycles. The van der Waals surface area contributed by atoms with E-state index in [1.807, 2.05) is 0 Å². The lowest BCUT2D eigenvalue weighted by Gasteiger charge is -2.11. The van der Waals surface area contributed by atoms with E-state index in [-0.39, 0.29) is 11.8 Å². The quantitative estimate of drug-likeness (QED) is 0.802. The first-order chi connectivity index (χ1) is 8.56. The second-order valence-electron chi connectivity index (χ2n) is 3.59. The van der Waals surface area contributed by atoms with Gasteiger partial charge < -0.3 is 15.4 Å². The maximum absolute atomic E-state index is 11.4. The number of benzene rings is 1. The molecule has 2 N–H and O–H groups in total. The standard InChI is InChI=1S/C13H16N2O3/c1-4-5-13(17)15-10-6-7-12(18-3)11(8-10)14-9(2)16/h4-8H,1-3H3,(H,14,16)(H,15,17). The molecule has 0 atom stereocenters. The molecule has 0 fully saturated rings. The van der Waals surface area contributed by atoms with E-state index in [1.165, 1.54) is 20.1 Å². The van der Waals surface area contributed by atoms with E-state index in [0.717, 1.165) is 0 Å². The van der Waals surface area contributed by atoms with Crippen LogP contribution in [0.3, 0.4) is 0 Å². The number of amides is 2. The Balaban J connectivity index is 2.95. The summed E-state index contributed by atoms with van der Waals surface area (Å²) in [4.78, 5) is 22.4. The number of ether oxygens (including phenoxy) is 1. The van der Waals surface area contributed by atoms with E-state index in [0.29, 0.717) is 17.1 Å². The molecular weight excluding hydrogens is 232 g/mol. The molecule has 0 bridgehead atoms. The molecule has 0 saturated heterocycles. The van der Waals surface area contributed by atoms with Crippen molar-refractivity contribution in [3.8, 4) is 5.75 Å². The molecule has 5 heteroatoms. The summed E-state index contributed by atoms with van der Waals surface area (Å²) in [7, 11) is 1.51. The lowest BCUT2D eigenvalue weighted by molar-refractivity contribution is -0.114. The Morgan fingerprint density at radius 3 is 2.56 bits per heavy atom. The van der Waals surface area contributed by atoms with Gasteiger partial charge in [0.15, 0.2) is 0 Å². The van der Waals surface area contributed by atoms with Gasteiger partial charge in [-0.2, -0.15) is 0 Å². The van der Waals surface area contributed by atoms with Crippen molar-refractivity contribution in [3.63, 3.8) is 0 Å². The zero-order valence-corrected chi connectivity index (χ0v) is 10.6. The predicted octanol–water partition coefficient (Wildman–Crippen LogP) is 2.17. The highest BCUT2D eigenvalue weighted by molar-refractivity contribution is 6.00. The fraction of sp³-hybridized carbons (Fsp3) is 0.231. The summed E-state index contributed by atoms with van der Waals surface area (Å²) in [6, 6.07) is 5.02. The molecule has 2 amide bonds. The van der Waals surface area contributed by atoms with Crippen molar-refractivity contribution in [2.24, 2.45) is 0 Å². The molecule has 1 rings (SSSR count). The van der Waals surface area contributed by atoms with Crippen molar-refractivity contribution in [3.05, 3.63) is 30.4 Å². The van der Waals surface area contributed by atoms with Crippen LogP contribution < -0.4 is 15.4 Å². The van der Waals surface area contributed by atoms with Gasteiger partial charge in [0, 0.05) is 12.6 Å². The SMILES string of the molecule is CC=CC(=O)Nc1ccc(OC)c(NC(C)=O)c1. The van der Waals surface area contributed by atoms with E-state index in [4.69, 9.17) is 4.74 Å². The zero-order valence-electron chi connectivity index (χ0n) is 10.6. The second kappa shape index (κ2) is 6.44. The van der Waals surface area contributed by atoms with Crippen LogP contribution in [0.1, 0.15) is 13.8 Å². The van der Waals surface area contributed by atoms with Gasteiger partial charge in [-0.3, -0.25) is 9.59 Å². The van der Waals surface area contributed by atoms with Gasteiger partial charge in [-0.1, -0.05) is 6.08 Å². The lowest BCUT2D eigenvalue weighted by Crippen LogP contribution is -2.10. The summed E-state index contributed by atoms with van der Waals surface area (Å²) in [6.45, 7) is 3.17. The van der Waals surface area contributed by atoms with Crippen LogP contribution in [0.2, 0.25) is 0 Å². The normalized spacial score (nSPS) is 10.2. The fourth-order valence-corrected chi connectivity index (χ4v) is 1.41. The van der Waals surface area contributed by atoms with E-state index in [9.17, 15) is 9.59 Å². The Bertz CT molecular complexity index is 481. The van der Waals surface area contributed by atoms with Gasteiger partial charge in [-0.05, 0) is 31.2 Å². The molecule has 0 heterocycles. The van der Waals surface area contributed by atoms with Crippen molar-refractivity contribution in [2.45, 2.75) is 13.8 Å². The predicted molar refractivity (Wildman–Crippen MR) is 70.7 cm³/mol. The molecule has 0 aliphatic heterocycles. The largest absolute Gasteiger partial charge is 0.495 e. The van der Waals surface area contributed by atoms with Gasteiger partial charge >= 0.3 is 0 Å². The van der Waals surface area contributed by atoms with Gasteiger partial charge in [0.1, 0.15) is 5.75 Å². The minimum absolute atomic E-state index is 0.203. The maximum Gasteiger partial charge on any atom is 0.248 e. The summed E-state index contributed by atoms with van der Waals surface area (Å²) < 4.78 is 5.11. The van der Waals surface area contributed by atoms with Gasteiger partial charge in [0.25, 0.3) is 0 Å². The molecule has 96 valence electrons. The summed E-state index contributed by atoms with van der Waals surface area (Å²) in [5, 5.41) is 5.31. The molecule has 1 aromatic carbocycles. The molecule has 18 heavy (non-hydrogen) atoms. The number of allylic oxidation sites excluding steroid dienone is 1. The Morgan fingerprint density at radius 2 is 2.00 bits per heavy atom. The molecule has 5 nitrogen and oxygen atoms in total. The first-order valence-corrected chi connectivity index (χ1v) is 5.46. The third-order valence-corrected chi connectivity index (χ3v) is 2.10. The van der Waals surface area contributed by atoms with Crippen LogP contribution in [0.5, 0.6) is 5.75 Å². The Morgan fingerprint density at radius 1 is 1.28 bits per heavy atom. The van der Waals surface area contributed by atoms with E-state index in [2.05, 4.69) is 10.6 Å². The molecular formula is C13H16N2O3. The smallest absolute Gasteiger partial charge is 0.248 e. The van der Waals surface area contributed by atoms with Crippen molar-refractivity contribution in [2.75, 3.05) is 17.7 Å². The van der Waals surface area contributed by atoms with Gasteiger partial charge in [0.05, 0.1) is 12.8 Å². The second-order valence-corrected chi connectivity index (χ2v) is 3.59. The first kappa shape index (κ1) is 13.8. The number of carbonyl (C=O) groups excluding carboxylic acids is 2. The molecule has 0 aliphatic rings. The summed E-state index contributed by atoms with van der Waals surface area (Å²) in [6.07, 6.45) is 3.07. The third kappa shape index (κ3) is 3.93. The van der Waals surface area contributed by atoms with E-state index in [1.54, 1.807) is 31.2 Å². The average Bonchev–Trinajstić information content (AvgIpc) is 2.28. The van der Waals surface area contributed by atoms with Crippen LogP contribution in [-0.2, 0) is 9.59 Å². The monoisotopic (exact) mass is 248 g/mol. The Kier molecular flexibility index (Phi) is 4.92. The molecule has 0 aromatic heterocycles. The van der Waals surface area contributed by atoms with Gasteiger partial charge in [-0.25, -0.2) is 0 Å². The van der Waals surface area contributed by atoms with Crippen LogP contribution in [0.25, 0.3) is 0 Å². The van der Waals surface area contributed by atoms with E-state index >= 15 is 0 Å². The molecule has 0 saturated carbocycles. The maximum atomic E-state index is 11.4. The molecule has 1 aromatic rings. The van der Waals surface area contributed by atoms with Gasteiger partial charge in [0.2, 0.25) is 11.8 Å². The third-order valence-electron chi connectivity index (χ3n) is 2.10. The number of anilines is 2. The highest BCUT2D eigenvalue weighted by atomic mass is 16.5. The zero-order chi connectivity index (χ0) is 13.5. The number of hydrogen-bond acceptors (Lipinski definition) is 3. The number of hydrogen-bond donors (Lipinski definition) is 2. The summed E-state index contributed by atoms with van der Waals surface area (Å²) >= 11 is 0. The number of nitrogens with one attached hydrogen (secondary N) is 2. The number of methoxy groups -OCH3 is 1.